The van der Waals surface area contributed by atoms with Gasteiger partial charge in [-0.2, -0.15) is 12.6 Å². The molecule has 6 heteroatoms. The fourth-order valence-electron chi connectivity index (χ4n) is 1.83. The van der Waals surface area contributed by atoms with Crippen molar-refractivity contribution in [3.63, 3.8) is 0 Å². The van der Waals surface area contributed by atoms with Crippen LogP contribution in [0.2, 0.25) is 10.0 Å². The van der Waals surface area contributed by atoms with Crippen LogP contribution in [-0.4, -0.2) is 17.1 Å². The fourth-order valence-corrected chi connectivity index (χ4v) is 2.78. The molecule has 0 aliphatic carbocycles. The van der Waals surface area contributed by atoms with Crippen molar-refractivity contribution < 1.29 is 9.59 Å². The minimum atomic E-state index is -0.589. The molecular weight excluding hydrogens is 305 g/mol. The normalized spacial score (nSPS) is 18.4. The zero-order valence-electron chi connectivity index (χ0n) is 10.9. The van der Waals surface area contributed by atoms with Gasteiger partial charge < -0.3 is 0 Å². The number of imide groups is 1. The number of hydrogen-bond donors (Lipinski definition) is 1. The zero-order chi connectivity index (χ0) is 14.7. The number of anilines is 1. The van der Waals surface area contributed by atoms with Crippen molar-refractivity contribution in [3.05, 3.63) is 27.7 Å². The van der Waals surface area contributed by atoms with Crippen molar-refractivity contribution in [2.45, 2.75) is 32.4 Å². The molecule has 104 valence electrons. The van der Waals surface area contributed by atoms with E-state index in [9.17, 15) is 9.59 Å². The van der Waals surface area contributed by atoms with Gasteiger partial charge in [0.25, 0.3) is 0 Å². The Morgan fingerprint density at radius 1 is 1.26 bits per heavy atom. The number of amides is 2. The van der Waals surface area contributed by atoms with Crippen LogP contribution >= 0.6 is 35.8 Å². The minimum Gasteiger partial charge on any atom is -0.274 e. The Morgan fingerprint density at radius 3 is 2.26 bits per heavy atom. The molecule has 1 saturated heterocycles. The summed E-state index contributed by atoms with van der Waals surface area (Å²) in [6.07, 6.45) is 0.0976. The van der Waals surface area contributed by atoms with Crippen LogP contribution in [0, 0.1) is 6.92 Å². The van der Waals surface area contributed by atoms with Crippen LogP contribution in [0.5, 0.6) is 0 Å². The number of thiol groups is 1. The first-order valence-corrected chi connectivity index (χ1v) is 7.19. The Balaban J connectivity index is 0.000000861. The second kappa shape index (κ2) is 6.64. The Kier molecular flexibility index (Phi) is 5.71. The number of carbonyl (C=O) groups is 2. The predicted molar refractivity (Wildman–Crippen MR) is 82.4 cm³/mol. The van der Waals surface area contributed by atoms with E-state index in [4.69, 9.17) is 23.2 Å². The highest BCUT2D eigenvalue weighted by atomic mass is 35.5. The van der Waals surface area contributed by atoms with Crippen molar-refractivity contribution in [3.8, 4) is 0 Å². The maximum absolute atomic E-state index is 11.8. The van der Waals surface area contributed by atoms with Crippen LogP contribution in [0.4, 0.5) is 5.69 Å². The number of rotatable bonds is 1. The number of halogens is 2. The molecule has 1 aliphatic rings. The molecule has 1 atom stereocenters. The van der Waals surface area contributed by atoms with E-state index in [0.717, 1.165) is 4.90 Å². The number of carbonyl (C=O) groups excluding carboxylic acids is 2. The number of aryl methyl sites for hydroxylation is 1. The number of nitrogens with zero attached hydrogens (tertiary/aromatic N) is 1. The molecule has 3 nitrogen and oxygen atoms in total. The average molecular weight is 320 g/mol. The molecule has 1 aromatic rings. The predicted octanol–water partition coefficient (Wildman–Crippen LogP) is 3.89. The summed E-state index contributed by atoms with van der Waals surface area (Å²) < 4.78 is 0. The molecule has 1 aromatic carbocycles. The van der Waals surface area contributed by atoms with E-state index >= 15 is 0 Å². The second-order valence-corrected chi connectivity index (χ2v) is 5.31. The van der Waals surface area contributed by atoms with Crippen LogP contribution in [0.3, 0.4) is 0 Å². The molecule has 0 radical (unpaired) electrons. The van der Waals surface area contributed by atoms with Crippen LogP contribution in [0.1, 0.15) is 25.8 Å². The maximum atomic E-state index is 11.8. The van der Waals surface area contributed by atoms with Gasteiger partial charge in [-0.25, -0.2) is 4.90 Å². The average Bonchev–Trinajstić information content (AvgIpc) is 2.57. The summed E-state index contributed by atoms with van der Waals surface area (Å²) in [6.45, 7) is 5.75. The lowest BCUT2D eigenvalue weighted by atomic mass is 10.2. The third kappa shape index (κ3) is 3.25. The van der Waals surface area contributed by atoms with Gasteiger partial charge in [-0.15, -0.1) is 0 Å². The first-order chi connectivity index (χ1) is 8.91. The van der Waals surface area contributed by atoms with E-state index < -0.39 is 5.25 Å². The highest BCUT2D eigenvalue weighted by molar-refractivity contribution is 7.82. The van der Waals surface area contributed by atoms with Gasteiger partial charge >= 0.3 is 0 Å². The van der Waals surface area contributed by atoms with E-state index in [1.165, 1.54) is 6.07 Å². The molecule has 0 bridgehead atoms. The van der Waals surface area contributed by atoms with Gasteiger partial charge in [0.2, 0.25) is 11.8 Å². The lowest BCUT2D eigenvalue weighted by Gasteiger charge is -2.18. The first-order valence-electron chi connectivity index (χ1n) is 5.92. The monoisotopic (exact) mass is 319 g/mol. The molecule has 1 fully saturated rings. The third-order valence-electron chi connectivity index (χ3n) is 2.57. The highest BCUT2D eigenvalue weighted by Crippen LogP contribution is 2.36. The zero-order valence-corrected chi connectivity index (χ0v) is 13.3. The first kappa shape index (κ1) is 16.3. The van der Waals surface area contributed by atoms with Crippen LogP contribution in [0.15, 0.2) is 12.1 Å². The van der Waals surface area contributed by atoms with Crippen LogP contribution < -0.4 is 4.90 Å². The molecular formula is C13H15Cl2NO2S. The molecule has 2 rings (SSSR count). The Hall–Kier alpha value is -0.710. The van der Waals surface area contributed by atoms with E-state index in [1.54, 1.807) is 13.0 Å². The summed E-state index contributed by atoms with van der Waals surface area (Å²) in [5, 5.41) is 0.172. The molecule has 1 aliphatic heterocycles. The van der Waals surface area contributed by atoms with E-state index in [-0.39, 0.29) is 18.2 Å². The van der Waals surface area contributed by atoms with Crippen LogP contribution in [-0.2, 0) is 9.59 Å². The summed E-state index contributed by atoms with van der Waals surface area (Å²) in [5.41, 5.74) is 1.09. The Bertz CT molecular complexity index is 496. The molecule has 1 heterocycles. The molecule has 0 aromatic heterocycles. The van der Waals surface area contributed by atoms with Crippen molar-refractivity contribution >= 4 is 53.3 Å². The van der Waals surface area contributed by atoms with Crippen molar-refractivity contribution in [1.82, 2.24) is 0 Å². The summed E-state index contributed by atoms with van der Waals surface area (Å²) in [7, 11) is 0. The smallest absolute Gasteiger partial charge is 0.247 e. The number of benzene rings is 1. The van der Waals surface area contributed by atoms with Gasteiger partial charge in [0, 0.05) is 11.4 Å². The van der Waals surface area contributed by atoms with Gasteiger partial charge in [-0.1, -0.05) is 37.0 Å². The van der Waals surface area contributed by atoms with Crippen LogP contribution in [0.25, 0.3) is 0 Å². The van der Waals surface area contributed by atoms with Crippen molar-refractivity contribution in [2.24, 2.45) is 0 Å². The lowest BCUT2D eigenvalue weighted by Crippen LogP contribution is -2.31. The standard InChI is InChI=1S/C11H9Cl2NO2S.C2H6/c1-5-2-6(12)3-7(13)10(5)14-9(15)4-8(17)11(14)16;1-2/h2-3,8,17H,4H2,1H3;1-2H3. The summed E-state index contributed by atoms with van der Waals surface area (Å²) >= 11 is 15.9. The third-order valence-corrected chi connectivity index (χ3v) is 3.47. The molecule has 0 spiro atoms. The highest BCUT2D eigenvalue weighted by Gasteiger charge is 2.39. The van der Waals surface area contributed by atoms with E-state index in [1.807, 2.05) is 13.8 Å². The van der Waals surface area contributed by atoms with Crippen molar-refractivity contribution in [1.29, 1.82) is 0 Å². The number of hydrogen-bond acceptors (Lipinski definition) is 3. The van der Waals surface area contributed by atoms with Crippen molar-refractivity contribution in [2.75, 3.05) is 4.90 Å². The molecule has 0 saturated carbocycles. The fraction of sp³-hybridized carbons (Fsp3) is 0.385. The lowest BCUT2D eigenvalue weighted by molar-refractivity contribution is -0.121. The molecule has 1 unspecified atom stereocenters. The second-order valence-electron chi connectivity index (χ2n) is 3.84. The minimum absolute atomic E-state index is 0.0976. The summed E-state index contributed by atoms with van der Waals surface area (Å²) in [5.74, 6) is -0.632. The largest absolute Gasteiger partial charge is 0.274 e. The topological polar surface area (TPSA) is 37.4 Å². The summed E-state index contributed by atoms with van der Waals surface area (Å²) in [6, 6.07) is 3.17. The summed E-state index contributed by atoms with van der Waals surface area (Å²) in [4.78, 5) is 24.7. The maximum Gasteiger partial charge on any atom is 0.247 e. The molecule has 0 N–H and O–H groups in total. The quantitative estimate of drug-likeness (QED) is 0.630. The van der Waals surface area contributed by atoms with Gasteiger partial charge in [-0.05, 0) is 24.6 Å². The Morgan fingerprint density at radius 2 is 1.84 bits per heavy atom. The van der Waals surface area contributed by atoms with Gasteiger partial charge in [0.15, 0.2) is 0 Å². The molecule has 2 amide bonds. The van der Waals surface area contributed by atoms with Gasteiger partial charge in [-0.3, -0.25) is 9.59 Å². The van der Waals surface area contributed by atoms with Gasteiger partial charge in [0.1, 0.15) is 0 Å². The van der Waals surface area contributed by atoms with E-state index in [2.05, 4.69) is 12.6 Å². The van der Waals surface area contributed by atoms with Gasteiger partial charge in [0.05, 0.1) is 16.0 Å². The SMILES string of the molecule is CC.Cc1cc(Cl)cc(Cl)c1N1C(=O)CC(S)C1=O. The van der Waals surface area contributed by atoms with E-state index in [0.29, 0.717) is 21.3 Å². The Labute approximate surface area is 128 Å². The molecule has 19 heavy (non-hydrogen) atoms.